The Morgan fingerprint density at radius 1 is 1.42 bits per heavy atom. The topological polar surface area (TPSA) is 110 Å². The Hall–Kier alpha value is 0.555. The predicted molar refractivity (Wildman–Crippen MR) is 80.7 cm³/mol. The van der Waals surface area contributed by atoms with E-state index in [-0.39, 0.29) is 5.92 Å². The van der Waals surface area contributed by atoms with E-state index in [0.717, 1.165) is 13.0 Å². The number of nitrogens with two attached hydrogens (primary N) is 1. The van der Waals surface area contributed by atoms with Crippen LogP contribution in [0.2, 0.25) is 6.32 Å². The quantitative estimate of drug-likeness (QED) is 0.170. The summed E-state index contributed by atoms with van der Waals surface area (Å²) in [6.45, 7) is 1.26. The monoisotopic (exact) mass is 384 g/mol. The summed E-state index contributed by atoms with van der Waals surface area (Å²) in [6, 6.07) is 0.510. The van der Waals surface area contributed by atoms with Crippen molar-refractivity contribution in [3.63, 3.8) is 0 Å². The lowest BCUT2D eigenvalue weighted by atomic mass is 9.78. The Bertz CT molecular complexity index is 323. The molecule has 6 nitrogen and oxygen atoms in total. The van der Waals surface area contributed by atoms with Crippen LogP contribution in [0.15, 0.2) is 0 Å². The molecular weight excluding hydrogens is 362 g/mol. The van der Waals surface area contributed by atoms with Gasteiger partial charge in [0.05, 0.1) is 5.54 Å². The lowest BCUT2D eigenvalue weighted by molar-refractivity contribution is -0.105. The van der Waals surface area contributed by atoms with Crippen LogP contribution in [0.25, 0.3) is 0 Å². The zero-order valence-corrected chi connectivity index (χ0v) is 13.0. The molecule has 2 unspecified atom stereocenters. The first kappa shape index (κ1) is 15.9. The molecule has 2 fully saturated rings. The van der Waals surface area contributed by atoms with Crippen LogP contribution in [0.3, 0.4) is 0 Å². The molecule has 19 heavy (non-hydrogen) atoms. The summed E-state index contributed by atoms with van der Waals surface area (Å²) in [7, 11) is -1.30. The number of hydrogen-bond acceptors (Lipinski definition) is 6. The minimum atomic E-state index is -1.53. The third-order valence-corrected chi connectivity index (χ3v) is 5.68. The van der Waals surface area contributed by atoms with E-state index in [9.17, 15) is 10.2 Å². The lowest BCUT2D eigenvalue weighted by Gasteiger charge is -2.32. The van der Waals surface area contributed by atoms with E-state index in [1.807, 2.05) is 0 Å². The highest BCUT2D eigenvalue weighted by molar-refractivity contribution is 14.1. The largest absolute Gasteiger partial charge is 0.451 e. The molecule has 1 aliphatic heterocycles. The van der Waals surface area contributed by atoms with Crippen LogP contribution < -0.4 is 5.73 Å². The van der Waals surface area contributed by atoms with Crippen molar-refractivity contribution < 1.29 is 20.3 Å². The Balaban J connectivity index is 1.94. The van der Waals surface area contributed by atoms with Gasteiger partial charge in [-0.1, -0.05) is 29.0 Å². The Kier molecular flexibility index (Phi) is 5.14. The Morgan fingerprint density at radius 2 is 2.05 bits per heavy atom. The highest BCUT2D eigenvalue weighted by atomic mass is 127. The molecular formula is C11H22BIN2O4. The first-order valence-corrected chi connectivity index (χ1v) is 7.98. The van der Waals surface area contributed by atoms with Crippen molar-refractivity contribution in [2.24, 2.45) is 11.7 Å². The molecule has 0 aromatic carbocycles. The zero-order valence-electron chi connectivity index (χ0n) is 10.8. The van der Waals surface area contributed by atoms with Crippen LogP contribution in [0.5, 0.6) is 0 Å². The summed E-state index contributed by atoms with van der Waals surface area (Å²) < 4.78 is 0.635. The molecule has 4 atom stereocenters. The van der Waals surface area contributed by atoms with E-state index in [1.54, 1.807) is 0 Å². The zero-order chi connectivity index (χ0) is 14.2. The highest BCUT2D eigenvalue weighted by Crippen LogP contribution is 2.42. The van der Waals surface area contributed by atoms with Crippen LogP contribution in [-0.2, 0) is 0 Å². The summed E-state index contributed by atoms with van der Waals surface area (Å²) in [5.41, 5.74) is 5.19. The van der Waals surface area contributed by atoms with Gasteiger partial charge in [0.2, 0.25) is 0 Å². The molecule has 1 saturated heterocycles. The number of halogens is 1. The lowest BCUT2D eigenvalue weighted by Crippen LogP contribution is -2.57. The fraction of sp³-hybridized carbons (Fsp3) is 1.00. The average molecular weight is 384 g/mol. The molecule has 2 rings (SSSR count). The maximum Gasteiger partial charge on any atom is 0.451 e. The second-order valence-corrected chi connectivity index (χ2v) is 7.44. The Morgan fingerprint density at radius 3 is 2.53 bits per heavy atom. The van der Waals surface area contributed by atoms with Gasteiger partial charge in [0.25, 0.3) is 0 Å². The van der Waals surface area contributed by atoms with Gasteiger partial charge < -0.3 is 26.0 Å². The minimum absolute atomic E-state index is 0.0181. The summed E-state index contributed by atoms with van der Waals surface area (Å²) in [4.78, 5) is 2.25. The first-order valence-electron chi connectivity index (χ1n) is 6.74. The number of nitrogens with zero attached hydrogens (tertiary/aromatic N) is 1. The molecule has 0 radical (unpaired) electrons. The first-order chi connectivity index (χ1) is 8.84. The van der Waals surface area contributed by atoms with E-state index in [0.29, 0.717) is 35.7 Å². The maximum atomic E-state index is 9.58. The van der Waals surface area contributed by atoms with Crippen LogP contribution in [0, 0.1) is 5.92 Å². The number of alkyl halides is 1. The molecule has 8 heteroatoms. The normalized spacial score (nSPS) is 39.0. The van der Waals surface area contributed by atoms with Crippen molar-refractivity contribution in [3.05, 3.63) is 0 Å². The molecule has 0 spiro atoms. The van der Waals surface area contributed by atoms with Gasteiger partial charge >= 0.3 is 7.12 Å². The third kappa shape index (κ3) is 3.61. The fourth-order valence-electron chi connectivity index (χ4n) is 2.98. The maximum absolute atomic E-state index is 9.58. The van der Waals surface area contributed by atoms with Crippen molar-refractivity contribution >= 4 is 29.7 Å². The van der Waals surface area contributed by atoms with Crippen molar-refractivity contribution in [2.75, 3.05) is 13.1 Å². The molecule has 2 aliphatic rings. The van der Waals surface area contributed by atoms with Gasteiger partial charge in [-0.15, -0.1) is 0 Å². The second kappa shape index (κ2) is 6.12. The molecule has 0 bridgehead atoms. The smallest absolute Gasteiger partial charge is 0.427 e. The minimum Gasteiger partial charge on any atom is -0.427 e. The van der Waals surface area contributed by atoms with Crippen molar-refractivity contribution in [1.29, 1.82) is 0 Å². The van der Waals surface area contributed by atoms with E-state index < -0.39 is 18.9 Å². The molecule has 0 aromatic heterocycles. The molecule has 110 valence electrons. The molecule has 1 heterocycles. The van der Waals surface area contributed by atoms with Crippen LogP contribution in [0.1, 0.15) is 19.3 Å². The molecule has 0 aromatic rings. The predicted octanol–water partition coefficient (Wildman–Crippen LogP) is -1.24. The van der Waals surface area contributed by atoms with Gasteiger partial charge in [-0.05, 0) is 25.1 Å². The summed E-state index contributed by atoms with van der Waals surface area (Å²) in [5, 5.41) is 36.9. The molecule has 1 saturated carbocycles. The molecule has 6 N–H and O–H groups in total. The van der Waals surface area contributed by atoms with Crippen LogP contribution in [-0.4, -0.2) is 67.2 Å². The SMILES string of the molecule is N[C@@]1(C(O)O)CN(C2C[C@H]2I)CC1CCCB(O)O. The summed E-state index contributed by atoms with van der Waals surface area (Å²) >= 11 is 2.41. The fourth-order valence-corrected chi connectivity index (χ4v) is 3.96. The average Bonchev–Trinajstić information content (AvgIpc) is 2.93. The van der Waals surface area contributed by atoms with Crippen LogP contribution in [0.4, 0.5) is 0 Å². The number of hydrogen-bond donors (Lipinski definition) is 5. The number of aliphatic hydroxyl groups excluding tert-OH is 1. The summed E-state index contributed by atoms with van der Waals surface area (Å²) in [6.07, 6.45) is 1.21. The van der Waals surface area contributed by atoms with Crippen LogP contribution >= 0.6 is 22.6 Å². The van der Waals surface area contributed by atoms with Gasteiger partial charge in [0.1, 0.15) is 0 Å². The molecule has 0 amide bonds. The van der Waals surface area contributed by atoms with E-state index in [1.165, 1.54) is 0 Å². The number of aliphatic hydroxyl groups is 2. The van der Waals surface area contributed by atoms with Gasteiger partial charge in [0.15, 0.2) is 6.29 Å². The van der Waals surface area contributed by atoms with Gasteiger partial charge in [-0.3, -0.25) is 4.90 Å². The second-order valence-electron chi connectivity index (χ2n) is 5.84. The number of likely N-dealkylation sites (tertiary alicyclic amines) is 1. The van der Waals surface area contributed by atoms with E-state index in [4.69, 9.17) is 15.8 Å². The summed E-state index contributed by atoms with van der Waals surface area (Å²) in [5.74, 6) is -0.0181. The number of rotatable bonds is 6. The van der Waals surface area contributed by atoms with Gasteiger partial charge in [0, 0.05) is 23.1 Å². The van der Waals surface area contributed by atoms with Crippen molar-refractivity contribution in [3.8, 4) is 0 Å². The van der Waals surface area contributed by atoms with Gasteiger partial charge in [-0.2, -0.15) is 0 Å². The van der Waals surface area contributed by atoms with Gasteiger partial charge in [-0.25, -0.2) is 0 Å². The van der Waals surface area contributed by atoms with Crippen molar-refractivity contribution in [1.82, 2.24) is 4.90 Å². The van der Waals surface area contributed by atoms with E-state index >= 15 is 0 Å². The Labute approximate surface area is 127 Å². The van der Waals surface area contributed by atoms with Crippen molar-refractivity contribution in [2.45, 2.75) is 47.4 Å². The molecule has 1 aliphatic carbocycles. The van der Waals surface area contributed by atoms with E-state index in [2.05, 4.69) is 27.5 Å². The third-order valence-electron chi connectivity index (χ3n) is 4.34. The highest BCUT2D eigenvalue weighted by Gasteiger charge is 2.53. The standard InChI is InChI=1S/C11H22BIN2O4/c13-8-4-9(8)15-5-7(2-1-3-12(18)19)11(14,6-15)10(16)17/h7-10,16-19H,1-6,14H2/t7?,8-,9?,11+/m1/s1.